The van der Waals surface area contributed by atoms with Crippen molar-refractivity contribution in [3.05, 3.63) is 71.3 Å². The number of carbonyl (C=O) groups excluding carboxylic acids is 1. The first-order chi connectivity index (χ1) is 17.9. The van der Waals surface area contributed by atoms with Gasteiger partial charge in [-0.25, -0.2) is 9.97 Å². The second kappa shape index (κ2) is 9.34. The molecule has 5 rings (SSSR count). The molecule has 0 radical (unpaired) electrons. The van der Waals surface area contributed by atoms with Crippen LogP contribution in [-0.2, 0) is 0 Å². The second-order valence-electron chi connectivity index (χ2n) is 8.57. The average molecular weight is 498 g/mol. The molecule has 3 N–H and O–H groups in total. The van der Waals surface area contributed by atoms with E-state index in [-0.39, 0.29) is 11.4 Å². The van der Waals surface area contributed by atoms with Crippen LogP contribution in [0.2, 0.25) is 0 Å². The minimum absolute atomic E-state index is 0.225. The molecule has 9 nitrogen and oxygen atoms in total. The summed E-state index contributed by atoms with van der Waals surface area (Å²) in [5, 5.41) is 2.92. The van der Waals surface area contributed by atoms with Gasteiger partial charge in [0.15, 0.2) is 17.1 Å². The molecule has 0 atom stereocenters. The van der Waals surface area contributed by atoms with E-state index in [1.807, 2.05) is 56.3 Å². The van der Waals surface area contributed by atoms with E-state index in [9.17, 15) is 4.79 Å². The molecule has 0 saturated heterocycles. The Bertz CT molecular complexity index is 1650. The van der Waals surface area contributed by atoms with Gasteiger partial charge in [-0.05, 0) is 43.2 Å². The first-order valence-corrected chi connectivity index (χ1v) is 11.6. The molecule has 9 heteroatoms. The minimum atomic E-state index is -0.439. The van der Waals surface area contributed by atoms with Crippen LogP contribution in [0.25, 0.3) is 27.9 Å². The smallest absolute Gasteiger partial charge is 0.261 e. The third kappa shape index (κ3) is 3.94. The molecule has 0 spiro atoms. The molecule has 37 heavy (non-hydrogen) atoms. The monoisotopic (exact) mass is 497 g/mol. The summed E-state index contributed by atoms with van der Waals surface area (Å²) in [4.78, 5) is 23.4. The van der Waals surface area contributed by atoms with Crippen LogP contribution < -0.4 is 25.3 Å². The number of fused-ring (bicyclic) bond motifs is 2. The highest BCUT2D eigenvalue weighted by Gasteiger charge is 2.26. The van der Waals surface area contributed by atoms with Gasteiger partial charge in [-0.1, -0.05) is 24.3 Å². The van der Waals surface area contributed by atoms with Gasteiger partial charge in [0.2, 0.25) is 5.75 Å². The fourth-order valence-corrected chi connectivity index (χ4v) is 4.45. The zero-order chi connectivity index (χ0) is 26.3. The molecule has 2 heterocycles. The van der Waals surface area contributed by atoms with Crippen molar-refractivity contribution in [3.8, 4) is 22.9 Å². The fourth-order valence-electron chi connectivity index (χ4n) is 4.45. The molecule has 2 aromatic heterocycles. The van der Waals surface area contributed by atoms with Gasteiger partial charge in [-0.3, -0.25) is 9.36 Å². The lowest BCUT2D eigenvalue weighted by Crippen LogP contribution is -2.15. The quantitative estimate of drug-likeness (QED) is 0.337. The van der Waals surface area contributed by atoms with Gasteiger partial charge < -0.3 is 25.3 Å². The summed E-state index contributed by atoms with van der Waals surface area (Å²) in [5.74, 6) is 1.04. The highest BCUT2D eigenvalue weighted by Crippen LogP contribution is 2.40. The van der Waals surface area contributed by atoms with Crippen molar-refractivity contribution in [3.63, 3.8) is 0 Å². The maximum Gasteiger partial charge on any atom is 0.261 e. The van der Waals surface area contributed by atoms with Crippen LogP contribution >= 0.6 is 0 Å². The van der Waals surface area contributed by atoms with Gasteiger partial charge in [-0.2, -0.15) is 0 Å². The number of nitrogens with zero attached hydrogens (tertiary/aromatic N) is 3. The summed E-state index contributed by atoms with van der Waals surface area (Å²) >= 11 is 0. The largest absolute Gasteiger partial charge is 0.493 e. The normalized spacial score (nSPS) is 11.1. The Labute approximate surface area is 213 Å². The average Bonchev–Trinajstić information content (AvgIpc) is 3.18. The summed E-state index contributed by atoms with van der Waals surface area (Å²) in [6, 6.07) is 16.8. The second-order valence-corrected chi connectivity index (χ2v) is 8.57. The van der Waals surface area contributed by atoms with Crippen molar-refractivity contribution in [2.75, 3.05) is 32.4 Å². The molecule has 3 aromatic carbocycles. The molecule has 188 valence electrons. The van der Waals surface area contributed by atoms with E-state index in [0.717, 1.165) is 16.8 Å². The summed E-state index contributed by atoms with van der Waals surface area (Å²) < 4.78 is 18.0. The number of aromatic nitrogens is 3. The van der Waals surface area contributed by atoms with E-state index < -0.39 is 5.91 Å². The number of nitrogens with one attached hydrogen (secondary N) is 1. The predicted octanol–water partition coefficient (Wildman–Crippen LogP) is 5.05. The maximum atomic E-state index is 13.8. The maximum absolute atomic E-state index is 13.8. The highest BCUT2D eigenvalue weighted by molar-refractivity contribution is 6.16. The molecule has 0 aliphatic carbocycles. The number of nitrogens with two attached hydrogens (primary N) is 1. The van der Waals surface area contributed by atoms with Crippen LogP contribution in [0.4, 0.5) is 11.5 Å². The molecule has 1 amide bonds. The highest BCUT2D eigenvalue weighted by atomic mass is 16.5. The number of hydrogen-bond donors (Lipinski definition) is 2. The number of benzene rings is 3. The van der Waals surface area contributed by atoms with Crippen molar-refractivity contribution in [2.24, 2.45) is 0 Å². The van der Waals surface area contributed by atoms with E-state index in [4.69, 9.17) is 29.9 Å². The van der Waals surface area contributed by atoms with Crippen LogP contribution in [0.5, 0.6) is 17.2 Å². The number of carbonyl (C=O) groups is 1. The molecule has 0 saturated carbocycles. The van der Waals surface area contributed by atoms with Gasteiger partial charge in [0.1, 0.15) is 16.9 Å². The molecule has 0 aliphatic heterocycles. The Morgan fingerprint density at radius 2 is 1.54 bits per heavy atom. The van der Waals surface area contributed by atoms with Crippen LogP contribution in [0, 0.1) is 13.8 Å². The van der Waals surface area contributed by atoms with Gasteiger partial charge in [0.25, 0.3) is 5.91 Å². The van der Waals surface area contributed by atoms with Crippen LogP contribution in [-0.4, -0.2) is 41.8 Å². The van der Waals surface area contributed by atoms with E-state index >= 15 is 0 Å². The van der Waals surface area contributed by atoms with Crippen LogP contribution in [0.1, 0.15) is 21.5 Å². The number of hydrogen-bond acceptors (Lipinski definition) is 7. The third-order valence-electron chi connectivity index (χ3n) is 6.46. The first-order valence-electron chi connectivity index (χ1n) is 11.6. The topological polar surface area (TPSA) is 114 Å². The van der Waals surface area contributed by atoms with Gasteiger partial charge in [0, 0.05) is 17.8 Å². The minimum Gasteiger partial charge on any atom is -0.493 e. The molecule has 0 bridgehead atoms. The van der Waals surface area contributed by atoms with Gasteiger partial charge in [-0.15, -0.1) is 0 Å². The Kier molecular flexibility index (Phi) is 6.04. The number of methoxy groups -OCH3 is 3. The molecule has 0 aliphatic rings. The number of aryl methyl sites for hydroxylation is 1. The lowest BCUT2D eigenvalue weighted by molar-refractivity contribution is 0.102. The first kappa shape index (κ1) is 23.9. The Morgan fingerprint density at radius 3 is 2.16 bits per heavy atom. The summed E-state index contributed by atoms with van der Waals surface area (Å²) in [6.07, 6.45) is 0. The van der Waals surface area contributed by atoms with Crippen molar-refractivity contribution >= 4 is 39.6 Å². The number of anilines is 2. The van der Waals surface area contributed by atoms with E-state index in [2.05, 4.69) is 5.32 Å². The van der Waals surface area contributed by atoms with Crippen LogP contribution in [0.3, 0.4) is 0 Å². The molecule has 0 unspecified atom stereocenters. The summed E-state index contributed by atoms with van der Waals surface area (Å²) in [6.45, 7) is 4.04. The fraction of sp³-hybridized carbons (Fsp3) is 0.179. The predicted molar refractivity (Wildman–Crippen MR) is 144 cm³/mol. The standard InChI is InChI=1S/C28H27N5O4/c1-15-9-8-12-20(16(15)2)33-26(29)23(24-27(33)32-19-11-7-6-10-18(19)31-24)28(34)30-17-13-21(35-3)25(37-5)22(14-17)36-4/h6-14H,29H2,1-5H3,(H,30,34). The molecule has 0 fully saturated rings. The van der Waals surface area contributed by atoms with Gasteiger partial charge >= 0.3 is 0 Å². The molecular formula is C28H27N5O4. The van der Waals surface area contributed by atoms with Crippen molar-refractivity contribution in [1.82, 2.24) is 14.5 Å². The lowest BCUT2D eigenvalue weighted by atomic mass is 10.1. The number of rotatable bonds is 6. The van der Waals surface area contributed by atoms with Crippen LogP contribution in [0.15, 0.2) is 54.6 Å². The number of amides is 1. The molecule has 5 aromatic rings. The molecular weight excluding hydrogens is 470 g/mol. The zero-order valence-electron chi connectivity index (χ0n) is 21.2. The van der Waals surface area contributed by atoms with Gasteiger partial charge in [0.05, 0.1) is 38.1 Å². The van der Waals surface area contributed by atoms with E-state index in [1.54, 1.807) is 16.7 Å². The number of nitrogen functional groups attached to an aromatic ring is 1. The van der Waals surface area contributed by atoms with Crippen molar-refractivity contribution in [1.29, 1.82) is 0 Å². The Morgan fingerprint density at radius 1 is 0.892 bits per heavy atom. The zero-order valence-corrected chi connectivity index (χ0v) is 21.2. The van der Waals surface area contributed by atoms with Crippen molar-refractivity contribution < 1.29 is 19.0 Å². The SMILES string of the molecule is COc1cc(NC(=O)c2c(N)n(-c3cccc(C)c3C)c3nc4ccccc4nc23)cc(OC)c1OC. The number of ether oxygens (including phenoxy) is 3. The lowest BCUT2D eigenvalue weighted by Gasteiger charge is -2.15. The third-order valence-corrected chi connectivity index (χ3v) is 6.46. The summed E-state index contributed by atoms with van der Waals surface area (Å²) in [5.41, 5.74) is 12.6. The van der Waals surface area contributed by atoms with E-state index in [1.165, 1.54) is 21.3 Å². The Balaban J connectivity index is 1.72. The number of para-hydroxylation sites is 2. The van der Waals surface area contributed by atoms with E-state index in [0.29, 0.717) is 45.1 Å². The Hall–Kier alpha value is -4.79. The van der Waals surface area contributed by atoms with Crippen molar-refractivity contribution in [2.45, 2.75) is 13.8 Å². The summed E-state index contributed by atoms with van der Waals surface area (Å²) in [7, 11) is 4.54.